The number of rotatable bonds is 3. The Morgan fingerprint density at radius 3 is 2.71 bits per heavy atom. The number of hydrogen-bond donors (Lipinski definition) is 1. The van der Waals surface area contributed by atoms with Gasteiger partial charge in [-0.2, -0.15) is 0 Å². The van der Waals surface area contributed by atoms with Gasteiger partial charge in [-0.25, -0.2) is 0 Å². The van der Waals surface area contributed by atoms with E-state index in [0.717, 1.165) is 42.9 Å². The summed E-state index contributed by atoms with van der Waals surface area (Å²) in [5.41, 5.74) is 1.31. The van der Waals surface area contributed by atoms with Gasteiger partial charge in [0.2, 0.25) is 5.91 Å². The van der Waals surface area contributed by atoms with Crippen LogP contribution >= 0.6 is 11.6 Å². The standard InChI is InChI=1S/C17H23ClN2O/c1-12(13-5-3-4-6-15(13)18)20(2)16(21)14-11-17(14)7-9-19-10-8-17/h3-6,12,14,19H,7-11H2,1-2H3/t12-,14+/m1/s1. The van der Waals surface area contributed by atoms with Gasteiger partial charge < -0.3 is 10.2 Å². The molecule has 0 bridgehead atoms. The SMILES string of the molecule is C[C@H](c1ccccc1Cl)N(C)C(=O)[C@@H]1CC12CCNCC2. The Balaban J connectivity index is 1.69. The number of piperidine rings is 1. The maximum Gasteiger partial charge on any atom is 0.226 e. The van der Waals surface area contributed by atoms with E-state index in [1.54, 1.807) is 0 Å². The predicted molar refractivity (Wildman–Crippen MR) is 85.3 cm³/mol. The van der Waals surface area contributed by atoms with Gasteiger partial charge in [0.15, 0.2) is 0 Å². The van der Waals surface area contributed by atoms with E-state index in [2.05, 4.69) is 12.2 Å². The van der Waals surface area contributed by atoms with Crippen LogP contribution in [0.2, 0.25) is 5.02 Å². The van der Waals surface area contributed by atoms with Crippen LogP contribution in [0.4, 0.5) is 0 Å². The number of amides is 1. The van der Waals surface area contributed by atoms with Gasteiger partial charge in [-0.3, -0.25) is 4.79 Å². The molecule has 114 valence electrons. The largest absolute Gasteiger partial charge is 0.339 e. The Kier molecular flexibility index (Phi) is 3.98. The summed E-state index contributed by atoms with van der Waals surface area (Å²) in [6.45, 7) is 4.15. The van der Waals surface area contributed by atoms with Crippen molar-refractivity contribution in [1.29, 1.82) is 0 Å². The molecule has 3 rings (SSSR count). The van der Waals surface area contributed by atoms with Crippen LogP contribution in [0.3, 0.4) is 0 Å². The zero-order chi connectivity index (χ0) is 15.0. The maximum absolute atomic E-state index is 12.8. The summed E-state index contributed by atoms with van der Waals surface area (Å²) >= 11 is 6.26. The third-order valence-corrected chi connectivity index (χ3v) is 5.72. The smallest absolute Gasteiger partial charge is 0.226 e. The molecule has 1 aromatic carbocycles. The summed E-state index contributed by atoms with van der Waals surface area (Å²) in [5, 5.41) is 4.12. The number of benzene rings is 1. The quantitative estimate of drug-likeness (QED) is 0.929. The highest BCUT2D eigenvalue weighted by atomic mass is 35.5. The van der Waals surface area contributed by atoms with Crippen LogP contribution in [-0.2, 0) is 4.79 Å². The van der Waals surface area contributed by atoms with Gasteiger partial charge in [0.1, 0.15) is 0 Å². The van der Waals surface area contributed by atoms with Crippen molar-refractivity contribution in [3.63, 3.8) is 0 Å². The van der Waals surface area contributed by atoms with E-state index in [4.69, 9.17) is 11.6 Å². The van der Waals surface area contributed by atoms with Crippen LogP contribution < -0.4 is 5.32 Å². The lowest BCUT2D eigenvalue weighted by atomic mass is 9.91. The second kappa shape index (κ2) is 5.62. The van der Waals surface area contributed by atoms with Crippen LogP contribution in [0.5, 0.6) is 0 Å². The van der Waals surface area contributed by atoms with E-state index in [1.165, 1.54) is 0 Å². The molecule has 1 spiro atoms. The first-order valence-corrected chi connectivity index (χ1v) is 8.15. The van der Waals surface area contributed by atoms with Gasteiger partial charge in [-0.1, -0.05) is 29.8 Å². The Morgan fingerprint density at radius 1 is 1.38 bits per heavy atom. The third-order valence-electron chi connectivity index (χ3n) is 5.37. The van der Waals surface area contributed by atoms with Gasteiger partial charge in [-0.05, 0) is 56.3 Å². The van der Waals surface area contributed by atoms with Crippen LogP contribution in [0.15, 0.2) is 24.3 Å². The molecule has 1 amide bonds. The summed E-state index contributed by atoms with van der Waals surface area (Å²) in [6, 6.07) is 7.80. The molecule has 3 nitrogen and oxygen atoms in total. The lowest BCUT2D eigenvalue weighted by molar-refractivity contribution is -0.134. The molecular formula is C17H23ClN2O. The van der Waals surface area contributed by atoms with Crippen LogP contribution in [0.25, 0.3) is 0 Å². The van der Waals surface area contributed by atoms with Gasteiger partial charge in [-0.15, -0.1) is 0 Å². The van der Waals surface area contributed by atoms with E-state index in [1.807, 2.05) is 36.2 Å². The first-order valence-electron chi connectivity index (χ1n) is 7.77. The second-order valence-corrected chi connectivity index (χ2v) is 6.92. The Morgan fingerprint density at radius 2 is 2.05 bits per heavy atom. The number of carbonyl (C=O) groups excluding carboxylic acids is 1. The molecule has 2 fully saturated rings. The molecule has 1 saturated carbocycles. The molecule has 1 saturated heterocycles. The average molecular weight is 307 g/mol. The van der Waals surface area contributed by atoms with Crippen molar-refractivity contribution in [2.24, 2.45) is 11.3 Å². The first kappa shape index (κ1) is 14.9. The van der Waals surface area contributed by atoms with Crippen molar-refractivity contribution in [2.45, 2.75) is 32.2 Å². The van der Waals surface area contributed by atoms with Crippen LogP contribution in [0, 0.1) is 11.3 Å². The lowest BCUT2D eigenvalue weighted by Crippen LogP contribution is -2.35. The second-order valence-electron chi connectivity index (χ2n) is 6.52. The van der Waals surface area contributed by atoms with Crippen molar-refractivity contribution in [2.75, 3.05) is 20.1 Å². The third kappa shape index (κ3) is 2.69. The minimum Gasteiger partial charge on any atom is -0.339 e. The molecule has 1 aliphatic heterocycles. The summed E-state index contributed by atoms with van der Waals surface area (Å²) in [7, 11) is 1.91. The fourth-order valence-corrected chi connectivity index (χ4v) is 3.93. The van der Waals surface area contributed by atoms with E-state index in [9.17, 15) is 4.79 Å². The Hall–Kier alpha value is -1.06. The number of halogens is 1. The first-order chi connectivity index (χ1) is 10.1. The molecule has 2 aliphatic rings. The molecule has 1 aromatic rings. The van der Waals surface area contributed by atoms with Crippen molar-refractivity contribution in [3.8, 4) is 0 Å². The molecule has 1 aliphatic carbocycles. The monoisotopic (exact) mass is 306 g/mol. The highest BCUT2D eigenvalue weighted by molar-refractivity contribution is 6.31. The van der Waals surface area contributed by atoms with Crippen molar-refractivity contribution >= 4 is 17.5 Å². The number of nitrogens with one attached hydrogen (secondary N) is 1. The van der Waals surface area contributed by atoms with E-state index in [-0.39, 0.29) is 23.3 Å². The minimum absolute atomic E-state index is 0.0190. The van der Waals surface area contributed by atoms with Gasteiger partial charge in [0.05, 0.1) is 6.04 Å². The van der Waals surface area contributed by atoms with E-state index in [0.29, 0.717) is 0 Å². The highest BCUT2D eigenvalue weighted by Gasteiger charge is 2.58. The van der Waals surface area contributed by atoms with Gasteiger partial charge in [0.25, 0.3) is 0 Å². The fourth-order valence-electron chi connectivity index (χ4n) is 3.63. The van der Waals surface area contributed by atoms with Crippen molar-refractivity contribution in [3.05, 3.63) is 34.9 Å². The summed E-state index contributed by atoms with van der Waals surface area (Å²) in [5.74, 6) is 0.499. The maximum atomic E-state index is 12.8. The minimum atomic E-state index is 0.0190. The number of nitrogens with zero attached hydrogens (tertiary/aromatic N) is 1. The Bertz CT molecular complexity index is 539. The average Bonchev–Trinajstić information content (AvgIpc) is 3.19. The fraction of sp³-hybridized carbons (Fsp3) is 0.588. The lowest BCUT2D eigenvalue weighted by Gasteiger charge is -2.29. The van der Waals surface area contributed by atoms with Gasteiger partial charge >= 0.3 is 0 Å². The van der Waals surface area contributed by atoms with E-state index >= 15 is 0 Å². The molecule has 0 unspecified atom stereocenters. The molecule has 0 radical (unpaired) electrons. The van der Waals surface area contributed by atoms with Crippen molar-refractivity contribution in [1.82, 2.24) is 10.2 Å². The molecule has 21 heavy (non-hydrogen) atoms. The zero-order valence-corrected chi connectivity index (χ0v) is 13.5. The van der Waals surface area contributed by atoms with Crippen LogP contribution in [0.1, 0.15) is 37.8 Å². The number of carbonyl (C=O) groups is 1. The van der Waals surface area contributed by atoms with Crippen LogP contribution in [-0.4, -0.2) is 30.9 Å². The highest BCUT2D eigenvalue weighted by Crippen LogP contribution is 2.59. The zero-order valence-electron chi connectivity index (χ0n) is 12.7. The van der Waals surface area contributed by atoms with E-state index < -0.39 is 0 Å². The van der Waals surface area contributed by atoms with Gasteiger partial charge in [0, 0.05) is 18.0 Å². The number of hydrogen-bond acceptors (Lipinski definition) is 2. The predicted octanol–water partition coefficient (Wildman–Crippen LogP) is 3.25. The summed E-state index contributed by atoms with van der Waals surface area (Å²) in [6.07, 6.45) is 3.34. The molecule has 1 heterocycles. The molecule has 2 atom stereocenters. The molecule has 4 heteroatoms. The molecule has 1 N–H and O–H groups in total. The van der Waals surface area contributed by atoms with Crippen molar-refractivity contribution < 1.29 is 4.79 Å². The Labute approximate surface area is 131 Å². The topological polar surface area (TPSA) is 32.3 Å². The summed E-state index contributed by atoms with van der Waals surface area (Å²) in [4.78, 5) is 14.6. The normalized spacial score (nSPS) is 24.6. The summed E-state index contributed by atoms with van der Waals surface area (Å²) < 4.78 is 0. The molecule has 0 aromatic heterocycles. The molecular weight excluding hydrogens is 284 g/mol.